The van der Waals surface area contributed by atoms with E-state index in [1.54, 1.807) is 24.3 Å². The molecule has 2 aromatic carbocycles. The molecule has 0 saturated carbocycles. The number of aromatic amines is 1. The van der Waals surface area contributed by atoms with E-state index in [0.29, 0.717) is 10.9 Å². The lowest BCUT2D eigenvalue weighted by Crippen LogP contribution is -2.38. The summed E-state index contributed by atoms with van der Waals surface area (Å²) in [6.07, 6.45) is 0. The van der Waals surface area contributed by atoms with Crippen LogP contribution in [0.15, 0.2) is 59.4 Å². The van der Waals surface area contributed by atoms with Crippen LogP contribution in [0, 0.1) is 0 Å². The Morgan fingerprint density at radius 1 is 1.08 bits per heavy atom. The highest BCUT2D eigenvalue weighted by atomic mass is 32.2. The molecule has 0 radical (unpaired) electrons. The van der Waals surface area contributed by atoms with E-state index in [9.17, 15) is 13.2 Å². The number of benzene rings is 2. The quantitative estimate of drug-likeness (QED) is 0.696. The van der Waals surface area contributed by atoms with Gasteiger partial charge in [-0.05, 0) is 17.7 Å². The number of hydrogen-bond donors (Lipinski definition) is 2. The van der Waals surface area contributed by atoms with Gasteiger partial charge in [0.2, 0.25) is 0 Å². The van der Waals surface area contributed by atoms with Crippen molar-refractivity contribution in [3.63, 3.8) is 0 Å². The van der Waals surface area contributed by atoms with E-state index in [1.165, 1.54) is 7.05 Å². The second-order valence-electron chi connectivity index (χ2n) is 5.60. The van der Waals surface area contributed by atoms with Gasteiger partial charge in [-0.2, -0.15) is 17.4 Å². The van der Waals surface area contributed by atoms with Crippen molar-refractivity contribution in [3.05, 3.63) is 76.3 Å². The molecule has 0 atom stereocenters. The van der Waals surface area contributed by atoms with Crippen LogP contribution < -0.4 is 10.3 Å². The van der Waals surface area contributed by atoms with Gasteiger partial charge >= 0.3 is 0 Å². The number of H-pyrrole nitrogens is 1. The summed E-state index contributed by atoms with van der Waals surface area (Å²) in [6, 6.07) is 16.2. The fraction of sp³-hybridized carbons (Fsp3) is 0.176. The normalized spacial score (nSPS) is 11.9. The Morgan fingerprint density at radius 2 is 1.76 bits per heavy atom. The first-order valence-electron chi connectivity index (χ1n) is 7.68. The number of para-hydroxylation sites is 1. The van der Waals surface area contributed by atoms with Gasteiger partial charge in [-0.25, -0.2) is 4.98 Å². The van der Waals surface area contributed by atoms with Crippen LogP contribution in [-0.2, 0) is 23.3 Å². The number of fused-ring (bicyclic) bond motifs is 1. The van der Waals surface area contributed by atoms with Crippen molar-refractivity contribution in [3.8, 4) is 0 Å². The zero-order valence-corrected chi connectivity index (χ0v) is 14.5. The van der Waals surface area contributed by atoms with Crippen molar-refractivity contribution in [2.24, 2.45) is 0 Å². The minimum atomic E-state index is -3.70. The standard InChI is InChI=1S/C17H18N4O3S/c1-21(25(23,24)18-11-13-7-3-2-4-8-13)12-16-19-15-10-6-5-9-14(15)17(22)20-16/h2-10,18H,11-12H2,1H3,(H,19,20,22). The first kappa shape index (κ1) is 17.3. The highest BCUT2D eigenvalue weighted by Gasteiger charge is 2.18. The summed E-state index contributed by atoms with van der Waals surface area (Å²) >= 11 is 0. The van der Waals surface area contributed by atoms with Crippen LogP contribution in [0.5, 0.6) is 0 Å². The van der Waals surface area contributed by atoms with Crippen molar-refractivity contribution in [2.75, 3.05) is 7.05 Å². The Bertz CT molecular complexity index is 1030. The van der Waals surface area contributed by atoms with Gasteiger partial charge in [0.05, 0.1) is 17.4 Å². The molecule has 8 heteroatoms. The first-order chi connectivity index (χ1) is 12.0. The third kappa shape index (κ3) is 4.11. The lowest BCUT2D eigenvalue weighted by atomic mass is 10.2. The van der Waals surface area contributed by atoms with Crippen LogP contribution in [0.1, 0.15) is 11.4 Å². The SMILES string of the molecule is CN(Cc1nc2ccccc2c(=O)[nH]1)S(=O)(=O)NCc1ccccc1. The fourth-order valence-electron chi connectivity index (χ4n) is 2.39. The maximum atomic E-state index is 12.4. The van der Waals surface area contributed by atoms with Gasteiger partial charge in [0.15, 0.2) is 0 Å². The molecule has 3 rings (SSSR count). The molecule has 0 aliphatic heterocycles. The summed E-state index contributed by atoms with van der Waals surface area (Å²) in [4.78, 5) is 19.0. The Balaban J connectivity index is 1.74. The van der Waals surface area contributed by atoms with Gasteiger partial charge in [-0.15, -0.1) is 0 Å². The monoisotopic (exact) mass is 358 g/mol. The molecule has 2 N–H and O–H groups in total. The van der Waals surface area contributed by atoms with Crippen LogP contribution in [0.2, 0.25) is 0 Å². The third-order valence-corrected chi connectivity index (χ3v) is 5.21. The minimum Gasteiger partial charge on any atom is -0.309 e. The van der Waals surface area contributed by atoms with E-state index in [2.05, 4.69) is 14.7 Å². The molecule has 0 spiro atoms. The van der Waals surface area contributed by atoms with Gasteiger partial charge in [-0.3, -0.25) is 4.79 Å². The van der Waals surface area contributed by atoms with Gasteiger partial charge in [-0.1, -0.05) is 42.5 Å². The molecule has 0 bridgehead atoms. The average Bonchev–Trinajstić information content (AvgIpc) is 2.61. The van der Waals surface area contributed by atoms with E-state index in [0.717, 1.165) is 9.87 Å². The highest BCUT2D eigenvalue weighted by molar-refractivity contribution is 7.87. The Kier molecular flexibility index (Phi) is 4.93. The molecule has 3 aromatic rings. The van der Waals surface area contributed by atoms with Gasteiger partial charge in [0.1, 0.15) is 5.82 Å². The topological polar surface area (TPSA) is 95.2 Å². The number of rotatable bonds is 6. The summed E-state index contributed by atoms with van der Waals surface area (Å²) in [5.41, 5.74) is 1.10. The van der Waals surface area contributed by atoms with Crippen LogP contribution in [0.3, 0.4) is 0 Å². The summed E-state index contributed by atoms with van der Waals surface area (Å²) in [6.45, 7) is 0.152. The zero-order chi connectivity index (χ0) is 17.9. The maximum Gasteiger partial charge on any atom is 0.279 e. The van der Waals surface area contributed by atoms with E-state index in [4.69, 9.17) is 0 Å². The van der Waals surface area contributed by atoms with Crippen molar-refractivity contribution in [1.82, 2.24) is 19.0 Å². The maximum absolute atomic E-state index is 12.4. The molecule has 0 aliphatic rings. The molecular weight excluding hydrogens is 340 g/mol. The third-order valence-electron chi connectivity index (χ3n) is 3.75. The summed E-state index contributed by atoms with van der Waals surface area (Å²) in [7, 11) is -2.27. The fourth-order valence-corrected chi connectivity index (χ4v) is 3.25. The lowest BCUT2D eigenvalue weighted by molar-refractivity contribution is 0.445. The van der Waals surface area contributed by atoms with E-state index < -0.39 is 10.2 Å². The van der Waals surface area contributed by atoms with E-state index in [-0.39, 0.29) is 24.5 Å². The molecule has 130 valence electrons. The number of hydrogen-bond acceptors (Lipinski definition) is 4. The average molecular weight is 358 g/mol. The molecule has 25 heavy (non-hydrogen) atoms. The van der Waals surface area contributed by atoms with Gasteiger partial charge in [0.25, 0.3) is 15.8 Å². The molecule has 0 fully saturated rings. The van der Waals surface area contributed by atoms with Crippen molar-refractivity contribution in [1.29, 1.82) is 0 Å². The smallest absolute Gasteiger partial charge is 0.279 e. The lowest BCUT2D eigenvalue weighted by Gasteiger charge is -2.17. The van der Waals surface area contributed by atoms with Crippen LogP contribution in [0.25, 0.3) is 10.9 Å². The molecular formula is C17H18N4O3S. The molecule has 0 saturated heterocycles. The van der Waals surface area contributed by atoms with Crippen LogP contribution in [0.4, 0.5) is 0 Å². The van der Waals surface area contributed by atoms with Crippen molar-refractivity contribution >= 4 is 21.1 Å². The molecule has 0 unspecified atom stereocenters. The number of nitrogens with one attached hydrogen (secondary N) is 2. The largest absolute Gasteiger partial charge is 0.309 e. The minimum absolute atomic E-state index is 0.0375. The first-order valence-corrected chi connectivity index (χ1v) is 9.12. The van der Waals surface area contributed by atoms with Gasteiger partial charge < -0.3 is 4.98 Å². The molecule has 7 nitrogen and oxygen atoms in total. The number of aromatic nitrogens is 2. The molecule has 0 aliphatic carbocycles. The predicted molar refractivity (Wildman–Crippen MR) is 96.0 cm³/mol. The Labute approximate surface area is 145 Å². The van der Waals surface area contributed by atoms with E-state index in [1.807, 2.05) is 30.3 Å². The predicted octanol–water partition coefficient (Wildman–Crippen LogP) is 1.39. The van der Waals surface area contributed by atoms with Crippen LogP contribution >= 0.6 is 0 Å². The zero-order valence-electron chi connectivity index (χ0n) is 13.6. The molecule has 0 amide bonds. The molecule has 1 aromatic heterocycles. The summed E-state index contributed by atoms with van der Waals surface area (Å²) < 4.78 is 28.3. The highest BCUT2D eigenvalue weighted by Crippen LogP contribution is 2.08. The van der Waals surface area contributed by atoms with Crippen molar-refractivity contribution < 1.29 is 8.42 Å². The number of nitrogens with zero attached hydrogens (tertiary/aromatic N) is 2. The summed E-state index contributed by atoms with van der Waals surface area (Å²) in [5.74, 6) is 0.288. The van der Waals surface area contributed by atoms with Crippen molar-refractivity contribution in [2.45, 2.75) is 13.1 Å². The molecule has 1 heterocycles. The second kappa shape index (κ2) is 7.14. The van der Waals surface area contributed by atoms with Gasteiger partial charge in [0, 0.05) is 13.6 Å². The van der Waals surface area contributed by atoms with Crippen LogP contribution in [-0.4, -0.2) is 29.7 Å². The summed E-state index contributed by atoms with van der Waals surface area (Å²) in [5, 5.41) is 0.471. The Hall–Kier alpha value is -2.55. The Morgan fingerprint density at radius 3 is 2.52 bits per heavy atom. The van der Waals surface area contributed by atoms with E-state index >= 15 is 0 Å². The second-order valence-corrected chi connectivity index (χ2v) is 7.46.